The van der Waals surface area contributed by atoms with Gasteiger partial charge in [0.05, 0.1) is 64.3 Å². The zero-order valence-corrected chi connectivity index (χ0v) is 20.2. The molecule has 0 aliphatic heterocycles. The Bertz CT molecular complexity index is 527. The largest absolute Gasteiger partial charge is 0.543 e. The van der Waals surface area contributed by atoms with E-state index in [0.717, 1.165) is 12.4 Å². The lowest BCUT2D eigenvalue weighted by atomic mass is 10.3. The van der Waals surface area contributed by atoms with Crippen LogP contribution in [-0.2, 0) is 0 Å². The molecule has 0 saturated heterocycles. The molecule has 1 rings (SSSR count). The van der Waals surface area contributed by atoms with Crippen molar-refractivity contribution in [1.29, 1.82) is 0 Å². The van der Waals surface area contributed by atoms with E-state index >= 15 is 0 Å². The molecule has 0 aliphatic carbocycles. The second kappa shape index (κ2) is 15.7. The number of carbonyl (C=O) groups excluding carboxylic acids is 2. The van der Waals surface area contributed by atoms with Crippen molar-refractivity contribution < 1.29 is 28.8 Å². The van der Waals surface area contributed by atoms with E-state index in [2.05, 4.69) is 65.4 Å². The highest BCUT2D eigenvalue weighted by Gasteiger charge is 2.17. The highest BCUT2D eigenvalue weighted by atomic mass is 16.4. The third kappa shape index (κ3) is 9.63. The van der Waals surface area contributed by atoms with Gasteiger partial charge in [-0.1, -0.05) is 0 Å². The van der Waals surface area contributed by atoms with E-state index in [0.29, 0.717) is 0 Å². The third-order valence-electron chi connectivity index (χ3n) is 6.45. The summed E-state index contributed by atoms with van der Waals surface area (Å²) in [7, 11) is 0. The number of hydrogen-bond donors (Lipinski definition) is 0. The summed E-state index contributed by atoms with van der Waals surface area (Å²) in [4.78, 5) is 27.0. The zero-order valence-electron chi connectivity index (χ0n) is 20.2. The van der Waals surface area contributed by atoms with Crippen molar-refractivity contribution in [3.05, 3.63) is 23.8 Å². The number of quaternary nitrogens is 2. The van der Waals surface area contributed by atoms with Gasteiger partial charge >= 0.3 is 0 Å². The SMILES string of the molecule is CC[N+](CC)(CC)CC.CC[N+](CC)(CC)CC.O=C([O-])c1nccnc1C(=O)[O-]. The summed E-state index contributed by atoms with van der Waals surface area (Å²) in [6.07, 6.45) is 2.11. The molecule has 0 bridgehead atoms. The number of aromatic carboxylic acids is 2. The average Bonchev–Trinajstić information content (AvgIpc) is 2.78. The van der Waals surface area contributed by atoms with Gasteiger partial charge in [0.25, 0.3) is 0 Å². The molecular formula is C22H42N4O4. The van der Waals surface area contributed by atoms with Gasteiger partial charge in [-0.05, 0) is 55.4 Å². The first-order valence-electron chi connectivity index (χ1n) is 11.1. The van der Waals surface area contributed by atoms with Crippen LogP contribution in [0.2, 0.25) is 0 Å². The minimum absolute atomic E-state index is 0.725. The van der Waals surface area contributed by atoms with Crippen molar-refractivity contribution >= 4 is 11.9 Å². The Kier molecular flexibility index (Phi) is 15.8. The minimum atomic E-state index is -1.69. The van der Waals surface area contributed by atoms with Crippen LogP contribution in [0.25, 0.3) is 0 Å². The topological polar surface area (TPSA) is 106 Å². The summed E-state index contributed by atoms with van der Waals surface area (Å²) in [6.45, 7) is 28.4. The van der Waals surface area contributed by atoms with Crippen LogP contribution in [0.4, 0.5) is 0 Å². The predicted molar refractivity (Wildman–Crippen MR) is 116 cm³/mol. The van der Waals surface area contributed by atoms with E-state index in [1.807, 2.05) is 0 Å². The zero-order chi connectivity index (χ0) is 23.8. The summed E-state index contributed by atoms with van der Waals surface area (Å²) in [5.74, 6) is -3.38. The standard InChI is InChI=1S/2C8H20N.C6H4N2O4/c2*1-5-9(6-2,7-3)8-4;9-5(10)3-4(6(11)12)8-2-1-7-3/h2*5-8H2,1-4H3;1-2H,(H,9,10)(H,11,12)/q2*+1;/p-2. The fourth-order valence-corrected chi connectivity index (χ4v) is 3.32. The molecule has 1 aromatic rings. The van der Waals surface area contributed by atoms with Gasteiger partial charge < -0.3 is 28.8 Å². The van der Waals surface area contributed by atoms with Crippen molar-refractivity contribution in [3.8, 4) is 0 Å². The molecule has 174 valence electrons. The van der Waals surface area contributed by atoms with Crippen molar-refractivity contribution in [2.45, 2.75) is 55.4 Å². The van der Waals surface area contributed by atoms with E-state index in [9.17, 15) is 19.8 Å². The van der Waals surface area contributed by atoms with Gasteiger partial charge in [-0.2, -0.15) is 0 Å². The number of carboxylic acids is 2. The molecule has 0 unspecified atom stereocenters. The average molecular weight is 427 g/mol. The van der Waals surface area contributed by atoms with Crippen LogP contribution in [0.3, 0.4) is 0 Å². The Hall–Kier alpha value is -2.06. The summed E-state index contributed by atoms with van der Waals surface area (Å²) in [6, 6.07) is 0. The Morgan fingerprint density at radius 2 is 0.800 bits per heavy atom. The van der Waals surface area contributed by atoms with E-state index in [4.69, 9.17) is 0 Å². The summed E-state index contributed by atoms with van der Waals surface area (Å²) in [5, 5.41) is 20.4. The van der Waals surface area contributed by atoms with Crippen molar-refractivity contribution in [1.82, 2.24) is 9.97 Å². The van der Waals surface area contributed by atoms with Crippen LogP contribution in [0.1, 0.15) is 76.4 Å². The molecule has 1 heterocycles. The molecule has 8 nitrogen and oxygen atoms in total. The molecule has 0 aromatic carbocycles. The number of carbonyl (C=O) groups is 2. The predicted octanol–water partition coefficient (Wildman–Crippen LogP) is 0.969. The first-order chi connectivity index (χ1) is 14.1. The number of aromatic nitrogens is 2. The molecular weight excluding hydrogens is 384 g/mol. The van der Waals surface area contributed by atoms with Crippen molar-refractivity contribution in [2.75, 3.05) is 52.4 Å². The van der Waals surface area contributed by atoms with Gasteiger partial charge in [0.2, 0.25) is 0 Å². The molecule has 1 aromatic heterocycles. The molecule has 0 fully saturated rings. The smallest absolute Gasteiger partial charge is 0.113 e. The van der Waals surface area contributed by atoms with Crippen LogP contribution in [0, 0.1) is 0 Å². The van der Waals surface area contributed by atoms with Gasteiger partial charge in [-0.25, -0.2) is 0 Å². The molecule has 0 spiro atoms. The first kappa shape index (κ1) is 30.1. The quantitative estimate of drug-likeness (QED) is 0.516. The summed E-state index contributed by atoms with van der Waals surface area (Å²) >= 11 is 0. The first-order valence-corrected chi connectivity index (χ1v) is 11.1. The lowest BCUT2D eigenvalue weighted by Crippen LogP contribution is -2.47. The van der Waals surface area contributed by atoms with Crippen LogP contribution in [-0.4, -0.2) is 83.2 Å². The van der Waals surface area contributed by atoms with Crippen molar-refractivity contribution in [2.24, 2.45) is 0 Å². The van der Waals surface area contributed by atoms with Crippen LogP contribution in [0.5, 0.6) is 0 Å². The number of hydrogen-bond acceptors (Lipinski definition) is 6. The fraction of sp³-hybridized carbons (Fsp3) is 0.727. The summed E-state index contributed by atoms with van der Waals surface area (Å²) < 4.78 is 2.56. The highest BCUT2D eigenvalue weighted by Crippen LogP contribution is 2.04. The van der Waals surface area contributed by atoms with E-state index in [1.165, 1.54) is 61.3 Å². The monoisotopic (exact) mass is 426 g/mol. The maximum Gasteiger partial charge on any atom is 0.113 e. The lowest BCUT2D eigenvalue weighted by molar-refractivity contribution is -0.921. The molecule has 0 aliphatic rings. The van der Waals surface area contributed by atoms with Gasteiger partial charge in [-0.15, -0.1) is 0 Å². The van der Waals surface area contributed by atoms with Crippen LogP contribution in [0.15, 0.2) is 12.4 Å². The van der Waals surface area contributed by atoms with Gasteiger partial charge in [0.15, 0.2) is 0 Å². The molecule has 0 N–H and O–H groups in total. The Morgan fingerprint density at radius 1 is 0.600 bits per heavy atom. The second-order valence-corrected chi connectivity index (χ2v) is 7.04. The number of carboxylic acid groups (broad SMARTS) is 2. The third-order valence-corrected chi connectivity index (χ3v) is 6.45. The van der Waals surface area contributed by atoms with Gasteiger partial charge in [0.1, 0.15) is 11.4 Å². The molecule has 8 heteroatoms. The van der Waals surface area contributed by atoms with Gasteiger partial charge in [0, 0.05) is 12.4 Å². The van der Waals surface area contributed by atoms with E-state index in [-0.39, 0.29) is 0 Å². The Morgan fingerprint density at radius 3 is 0.900 bits per heavy atom. The van der Waals surface area contributed by atoms with E-state index in [1.54, 1.807) is 0 Å². The minimum Gasteiger partial charge on any atom is -0.543 e. The highest BCUT2D eigenvalue weighted by molar-refractivity contribution is 5.96. The molecule has 0 saturated carbocycles. The second-order valence-electron chi connectivity index (χ2n) is 7.04. The van der Waals surface area contributed by atoms with Crippen molar-refractivity contribution in [3.63, 3.8) is 0 Å². The lowest BCUT2D eigenvalue weighted by Gasteiger charge is -2.34. The Labute approximate surface area is 182 Å². The summed E-state index contributed by atoms with van der Waals surface area (Å²) in [5.41, 5.74) is -1.45. The van der Waals surface area contributed by atoms with Gasteiger partial charge in [-0.3, -0.25) is 9.97 Å². The molecule has 0 radical (unpaired) electrons. The fourth-order valence-electron chi connectivity index (χ4n) is 3.32. The molecule has 0 atom stereocenters. The Balaban J connectivity index is 0. The van der Waals surface area contributed by atoms with Crippen LogP contribution >= 0.6 is 0 Å². The number of rotatable bonds is 10. The maximum atomic E-state index is 10.2. The van der Waals surface area contributed by atoms with E-state index < -0.39 is 23.3 Å². The van der Waals surface area contributed by atoms with Crippen LogP contribution < -0.4 is 10.2 Å². The normalized spacial score (nSPS) is 10.9. The maximum absolute atomic E-state index is 10.2. The molecule has 0 amide bonds. The molecule has 30 heavy (non-hydrogen) atoms. The number of nitrogens with zero attached hydrogens (tertiary/aromatic N) is 4.